The van der Waals surface area contributed by atoms with Crippen LogP contribution in [0.25, 0.3) is 0 Å². The van der Waals surface area contributed by atoms with E-state index in [2.05, 4.69) is 17.6 Å². The van der Waals surface area contributed by atoms with Crippen LogP contribution in [0.15, 0.2) is 0 Å². The van der Waals surface area contributed by atoms with Crippen LogP contribution in [-0.2, 0) is 4.79 Å². The highest BCUT2D eigenvalue weighted by Gasteiger charge is 2.37. The summed E-state index contributed by atoms with van der Waals surface area (Å²) >= 11 is 0. The summed E-state index contributed by atoms with van der Waals surface area (Å²) in [6.45, 7) is 4.19. The van der Waals surface area contributed by atoms with E-state index in [1.165, 1.54) is 19.3 Å². The molecule has 0 aromatic heterocycles. The van der Waals surface area contributed by atoms with Crippen LogP contribution < -0.4 is 10.6 Å². The van der Waals surface area contributed by atoms with Crippen LogP contribution in [0.3, 0.4) is 0 Å². The molecule has 0 aliphatic heterocycles. The number of amides is 1. The van der Waals surface area contributed by atoms with Crippen LogP contribution in [-0.4, -0.2) is 23.5 Å². The van der Waals surface area contributed by atoms with Gasteiger partial charge in [-0.1, -0.05) is 6.92 Å². The predicted molar refractivity (Wildman–Crippen MR) is 60.6 cm³/mol. The Balaban J connectivity index is 1.79. The quantitative estimate of drug-likeness (QED) is 0.723. The molecule has 2 aliphatic rings. The maximum absolute atomic E-state index is 11.8. The highest BCUT2D eigenvalue weighted by Crippen LogP contribution is 2.35. The van der Waals surface area contributed by atoms with Crippen molar-refractivity contribution in [1.82, 2.24) is 10.6 Å². The highest BCUT2D eigenvalue weighted by molar-refractivity contribution is 5.82. The van der Waals surface area contributed by atoms with Gasteiger partial charge in [-0.15, -0.1) is 0 Å². The third-order valence-corrected chi connectivity index (χ3v) is 3.83. The van der Waals surface area contributed by atoms with Crippen LogP contribution in [0.2, 0.25) is 0 Å². The van der Waals surface area contributed by atoms with E-state index in [1.54, 1.807) is 0 Å². The Hall–Kier alpha value is -0.570. The van der Waals surface area contributed by atoms with E-state index < -0.39 is 0 Å². The van der Waals surface area contributed by atoms with Gasteiger partial charge in [-0.2, -0.15) is 0 Å². The van der Waals surface area contributed by atoms with Crippen molar-refractivity contribution in [3.63, 3.8) is 0 Å². The van der Waals surface area contributed by atoms with Crippen molar-refractivity contribution in [2.45, 2.75) is 70.0 Å². The van der Waals surface area contributed by atoms with Gasteiger partial charge >= 0.3 is 0 Å². The van der Waals surface area contributed by atoms with E-state index in [9.17, 15) is 4.79 Å². The Kier molecular flexibility index (Phi) is 3.01. The van der Waals surface area contributed by atoms with E-state index >= 15 is 0 Å². The molecule has 0 bridgehead atoms. The maximum Gasteiger partial charge on any atom is 0.237 e. The minimum absolute atomic E-state index is 0.0363. The number of hydrogen-bond acceptors (Lipinski definition) is 2. The van der Waals surface area contributed by atoms with Crippen LogP contribution >= 0.6 is 0 Å². The standard InChI is InChI=1S/C12H22N2O/c1-3-12(7-4-8-12)14-9(2)11(15)13-10-5-6-10/h9-10,14H,3-8H2,1-2H3,(H,13,15). The smallest absolute Gasteiger partial charge is 0.237 e. The predicted octanol–water partition coefficient (Wildman–Crippen LogP) is 1.58. The molecule has 3 heteroatoms. The molecule has 1 amide bonds. The van der Waals surface area contributed by atoms with E-state index in [0.29, 0.717) is 6.04 Å². The molecule has 0 saturated heterocycles. The maximum atomic E-state index is 11.8. The summed E-state index contributed by atoms with van der Waals surface area (Å²) in [7, 11) is 0. The first-order valence-electron chi connectivity index (χ1n) is 6.23. The van der Waals surface area contributed by atoms with Crippen LogP contribution in [0.5, 0.6) is 0 Å². The van der Waals surface area contributed by atoms with Gasteiger partial charge in [0.15, 0.2) is 0 Å². The Morgan fingerprint density at radius 2 is 2.13 bits per heavy atom. The lowest BCUT2D eigenvalue weighted by molar-refractivity contribution is -0.123. The summed E-state index contributed by atoms with van der Waals surface area (Å²) in [6.07, 6.45) is 7.22. The average Bonchev–Trinajstić information content (AvgIpc) is 2.94. The molecule has 2 aliphatic carbocycles. The summed E-state index contributed by atoms with van der Waals surface area (Å²) in [4.78, 5) is 11.8. The first-order chi connectivity index (χ1) is 7.15. The molecule has 86 valence electrons. The van der Waals surface area contributed by atoms with E-state index in [4.69, 9.17) is 0 Å². The number of carbonyl (C=O) groups excluding carboxylic acids is 1. The third kappa shape index (κ3) is 2.51. The number of nitrogens with one attached hydrogen (secondary N) is 2. The fourth-order valence-corrected chi connectivity index (χ4v) is 2.28. The molecule has 3 nitrogen and oxygen atoms in total. The van der Waals surface area contributed by atoms with Gasteiger partial charge in [0.25, 0.3) is 0 Å². The monoisotopic (exact) mass is 210 g/mol. The molecule has 2 rings (SSSR count). The van der Waals surface area contributed by atoms with Gasteiger partial charge in [-0.3, -0.25) is 4.79 Å². The first kappa shape index (κ1) is 10.9. The number of rotatable bonds is 5. The Morgan fingerprint density at radius 1 is 1.47 bits per heavy atom. The molecular weight excluding hydrogens is 188 g/mol. The van der Waals surface area contributed by atoms with Gasteiger partial charge in [-0.25, -0.2) is 0 Å². The zero-order valence-corrected chi connectivity index (χ0v) is 9.81. The van der Waals surface area contributed by atoms with Crippen molar-refractivity contribution in [3.8, 4) is 0 Å². The van der Waals surface area contributed by atoms with Crippen molar-refractivity contribution >= 4 is 5.91 Å². The molecule has 15 heavy (non-hydrogen) atoms. The van der Waals surface area contributed by atoms with Gasteiger partial charge in [-0.05, 0) is 45.4 Å². The SMILES string of the molecule is CCC1(NC(C)C(=O)NC2CC2)CCC1. The molecule has 1 unspecified atom stereocenters. The molecule has 0 radical (unpaired) electrons. The van der Waals surface area contributed by atoms with Crippen molar-refractivity contribution in [3.05, 3.63) is 0 Å². The van der Waals surface area contributed by atoms with E-state index in [0.717, 1.165) is 19.3 Å². The second kappa shape index (κ2) is 4.12. The summed E-state index contributed by atoms with van der Waals surface area (Å²) in [6, 6.07) is 0.437. The number of carbonyl (C=O) groups is 1. The Bertz CT molecular complexity index is 238. The van der Waals surface area contributed by atoms with Crippen molar-refractivity contribution < 1.29 is 4.79 Å². The third-order valence-electron chi connectivity index (χ3n) is 3.83. The van der Waals surface area contributed by atoms with Gasteiger partial charge in [0.05, 0.1) is 6.04 Å². The van der Waals surface area contributed by atoms with Gasteiger partial charge in [0.2, 0.25) is 5.91 Å². The molecule has 0 aromatic rings. The zero-order valence-electron chi connectivity index (χ0n) is 9.81. The lowest BCUT2D eigenvalue weighted by Gasteiger charge is -2.44. The fraction of sp³-hybridized carbons (Fsp3) is 0.917. The summed E-state index contributed by atoms with van der Waals surface area (Å²) in [5.41, 5.74) is 0.264. The molecule has 2 fully saturated rings. The minimum atomic E-state index is -0.0363. The summed E-state index contributed by atoms with van der Waals surface area (Å²) in [5, 5.41) is 6.55. The van der Waals surface area contributed by atoms with Crippen LogP contribution in [0.4, 0.5) is 0 Å². The zero-order chi connectivity index (χ0) is 10.9. The lowest BCUT2D eigenvalue weighted by atomic mass is 9.74. The van der Waals surface area contributed by atoms with Crippen molar-refractivity contribution in [2.24, 2.45) is 0 Å². The number of hydrogen-bond donors (Lipinski definition) is 2. The Labute approximate surface area is 92.0 Å². The van der Waals surface area contributed by atoms with Gasteiger partial charge in [0, 0.05) is 11.6 Å². The van der Waals surface area contributed by atoms with Crippen LogP contribution in [0.1, 0.15) is 52.4 Å². The van der Waals surface area contributed by atoms with Gasteiger partial charge < -0.3 is 10.6 Å². The second-order valence-electron chi connectivity index (χ2n) is 5.14. The van der Waals surface area contributed by atoms with Gasteiger partial charge in [0.1, 0.15) is 0 Å². The molecule has 1 atom stereocenters. The molecule has 0 aromatic carbocycles. The highest BCUT2D eigenvalue weighted by atomic mass is 16.2. The molecule has 2 saturated carbocycles. The summed E-state index contributed by atoms with van der Waals surface area (Å²) in [5.74, 6) is 0.178. The molecular formula is C12H22N2O. The molecule has 0 spiro atoms. The second-order valence-corrected chi connectivity index (χ2v) is 5.14. The van der Waals surface area contributed by atoms with E-state index in [1.807, 2.05) is 6.92 Å². The van der Waals surface area contributed by atoms with E-state index in [-0.39, 0.29) is 17.5 Å². The Morgan fingerprint density at radius 3 is 2.53 bits per heavy atom. The average molecular weight is 210 g/mol. The molecule has 2 N–H and O–H groups in total. The first-order valence-corrected chi connectivity index (χ1v) is 6.23. The van der Waals surface area contributed by atoms with Crippen molar-refractivity contribution in [2.75, 3.05) is 0 Å². The largest absolute Gasteiger partial charge is 0.352 e. The minimum Gasteiger partial charge on any atom is -0.352 e. The molecule has 0 heterocycles. The fourth-order valence-electron chi connectivity index (χ4n) is 2.28. The lowest BCUT2D eigenvalue weighted by Crippen LogP contribution is -2.57. The summed E-state index contributed by atoms with van der Waals surface area (Å²) < 4.78 is 0. The van der Waals surface area contributed by atoms with Crippen molar-refractivity contribution in [1.29, 1.82) is 0 Å². The van der Waals surface area contributed by atoms with Crippen LogP contribution in [0, 0.1) is 0 Å². The topological polar surface area (TPSA) is 41.1 Å². The normalized spacial score (nSPS) is 25.5.